The lowest BCUT2D eigenvalue weighted by Gasteiger charge is -2.09. The predicted octanol–water partition coefficient (Wildman–Crippen LogP) is 2.96. The van der Waals surface area contributed by atoms with E-state index in [4.69, 9.17) is 27.9 Å². The molecule has 0 radical (unpaired) electrons. The minimum absolute atomic E-state index is 0.0767. The Kier molecular flexibility index (Phi) is 2.76. The Balaban J connectivity index is 2.47. The number of hydrogen-bond donors (Lipinski definition) is 1. The Morgan fingerprint density at radius 1 is 1.47 bits per heavy atom. The Labute approximate surface area is 97.3 Å². The molecule has 0 aromatic heterocycles. The second-order valence-corrected chi connectivity index (χ2v) is 4.22. The van der Waals surface area contributed by atoms with Gasteiger partial charge in [-0.1, -0.05) is 30.1 Å². The van der Waals surface area contributed by atoms with Gasteiger partial charge in [0.1, 0.15) is 5.02 Å². The van der Waals surface area contributed by atoms with E-state index in [0.29, 0.717) is 28.1 Å². The van der Waals surface area contributed by atoms with Crippen molar-refractivity contribution in [2.75, 3.05) is 11.9 Å². The van der Waals surface area contributed by atoms with Gasteiger partial charge in [-0.2, -0.15) is 0 Å². The summed E-state index contributed by atoms with van der Waals surface area (Å²) < 4.78 is 5.44. The first-order chi connectivity index (χ1) is 7.09. The maximum Gasteiger partial charge on any atom is 0.230 e. The molecule has 1 amide bonds. The van der Waals surface area contributed by atoms with Crippen molar-refractivity contribution in [3.05, 3.63) is 22.2 Å². The van der Waals surface area contributed by atoms with E-state index in [1.807, 2.05) is 0 Å². The molecule has 1 aliphatic heterocycles. The van der Waals surface area contributed by atoms with Crippen LogP contribution in [-0.4, -0.2) is 12.5 Å². The number of carbonyl (C=O) groups excluding carboxylic acids is 1. The molecular weight excluding hydrogens is 237 g/mol. The molecule has 0 saturated heterocycles. The fourth-order valence-electron chi connectivity index (χ4n) is 1.31. The van der Waals surface area contributed by atoms with Gasteiger partial charge in [0.15, 0.2) is 5.75 Å². The summed E-state index contributed by atoms with van der Waals surface area (Å²) in [4.78, 5) is 11.5. The Bertz CT molecular complexity index is 420. The molecule has 0 fully saturated rings. The van der Waals surface area contributed by atoms with E-state index < -0.39 is 0 Å². The van der Waals surface area contributed by atoms with Gasteiger partial charge in [-0.3, -0.25) is 4.79 Å². The lowest BCUT2D eigenvalue weighted by atomic mass is 10.2. The SMILES string of the molecule is CC1COc2c(ccc(Cl)c2Cl)NC1=O. The number of nitrogens with one attached hydrogen (secondary N) is 1. The van der Waals surface area contributed by atoms with Gasteiger partial charge in [0.25, 0.3) is 0 Å². The lowest BCUT2D eigenvalue weighted by Crippen LogP contribution is -2.21. The van der Waals surface area contributed by atoms with Crippen molar-refractivity contribution in [3.8, 4) is 5.75 Å². The van der Waals surface area contributed by atoms with E-state index in [2.05, 4.69) is 5.32 Å². The molecule has 1 atom stereocenters. The molecular formula is C10H9Cl2NO2. The maximum atomic E-state index is 11.5. The number of amides is 1. The maximum absolute atomic E-state index is 11.5. The average Bonchev–Trinajstić information content (AvgIpc) is 2.35. The zero-order valence-electron chi connectivity index (χ0n) is 8.01. The van der Waals surface area contributed by atoms with Crippen molar-refractivity contribution in [3.63, 3.8) is 0 Å². The summed E-state index contributed by atoms with van der Waals surface area (Å²) in [6.45, 7) is 2.09. The molecule has 0 saturated carbocycles. The van der Waals surface area contributed by atoms with Gasteiger partial charge in [0.05, 0.1) is 23.2 Å². The van der Waals surface area contributed by atoms with Gasteiger partial charge < -0.3 is 10.1 Å². The number of hydrogen-bond acceptors (Lipinski definition) is 2. The van der Waals surface area contributed by atoms with Crippen LogP contribution in [-0.2, 0) is 4.79 Å². The molecule has 1 unspecified atom stereocenters. The van der Waals surface area contributed by atoms with Crippen molar-refractivity contribution in [1.82, 2.24) is 0 Å². The molecule has 0 bridgehead atoms. The molecule has 2 rings (SSSR count). The summed E-state index contributed by atoms with van der Waals surface area (Å²) in [5, 5.41) is 3.49. The fraction of sp³-hybridized carbons (Fsp3) is 0.300. The third kappa shape index (κ3) is 1.90. The molecule has 80 valence electrons. The first-order valence-corrected chi connectivity index (χ1v) is 5.27. The van der Waals surface area contributed by atoms with E-state index >= 15 is 0 Å². The molecule has 15 heavy (non-hydrogen) atoms. The number of rotatable bonds is 0. The smallest absolute Gasteiger partial charge is 0.230 e. The van der Waals surface area contributed by atoms with E-state index in [0.717, 1.165) is 0 Å². The van der Waals surface area contributed by atoms with Crippen molar-refractivity contribution in [2.24, 2.45) is 5.92 Å². The van der Waals surface area contributed by atoms with E-state index in [9.17, 15) is 4.79 Å². The molecule has 1 heterocycles. The number of fused-ring (bicyclic) bond motifs is 1. The third-order valence-corrected chi connectivity index (χ3v) is 3.02. The predicted molar refractivity (Wildman–Crippen MR) is 59.8 cm³/mol. The molecule has 1 aromatic carbocycles. The summed E-state index contributed by atoms with van der Waals surface area (Å²) in [5.41, 5.74) is 0.568. The van der Waals surface area contributed by atoms with Gasteiger partial charge >= 0.3 is 0 Å². The van der Waals surface area contributed by atoms with Crippen LogP contribution >= 0.6 is 23.2 Å². The average molecular weight is 246 g/mol. The van der Waals surface area contributed by atoms with Crippen LogP contribution in [0.4, 0.5) is 5.69 Å². The van der Waals surface area contributed by atoms with Crippen molar-refractivity contribution < 1.29 is 9.53 Å². The van der Waals surface area contributed by atoms with E-state index in [1.165, 1.54) is 0 Å². The largest absolute Gasteiger partial charge is 0.489 e. The Hall–Kier alpha value is -0.930. The first kappa shape index (κ1) is 10.6. The molecule has 1 aliphatic rings. The lowest BCUT2D eigenvalue weighted by molar-refractivity contribution is -0.119. The summed E-state index contributed by atoms with van der Waals surface area (Å²) in [6.07, 6.45) is 0. The second kappa shape index (κ2) is 3.91. The van der Waals surface area contributed by atoms with Gasteiger partial charge in [-0.05, 0) is 12.1 Å². The number of carbonyl (C=O) groups is 1. The molecule has 1 N–H and O–H groups in total. The number of benzene rings is 1. The standard InChI is InChI=1S/C10H9Cl2NO2/c1-5-4-15-9-7(13-10(5)14)3-2-6(11)8(9)12/h2-3,5H,4H2,1H3,(H,13,14). The summed E-state index contributed by atoms with van der Waals surface area (Å²) >= 11 is 11.8. The van der Waals surface area contributed by atoms with Gasteiger partial charge in [0.2, 0.25) is 5.91 Å². The van der Waals surface area contributed by atoms with Gasteiger partial charge in [-0.15, -0.1) is 0 Å². The quantitative estimate of drug-likeness (QED) is 0.764. The van der Waals surface area contributed by atoms with Crippen molar-refractivity contribution >= 4 is 34.8 Å². The van der Waals surface area contributed by atoms with Gasteiger partial charge in [0, 0.05) is 0 Å². The number of halogens is 2. The monoisotopic (exact) mass is 245 g/mol. The van der Waals surface area contributed by atoms with Crippen LogP contribution in [0.25, 0.3) is 0 Å². The summed E-state index contributed by atoms with van der Waals surface area (Å²) in [7, 11) is 0. The Morgan fingerprint density at radius 2 is 2.20 bits per heavy atom. The van der Waals surface area contributed by atoms with Crippen LogP contribution in [0.15, 0.2) is 12.1 Å². The van der Waals surface area contributed by atoms with Crippen LogP contribution in [0.5, 0.6) is 5.75 Å². The number of anilines is 1. The highest BCUT2D eigenvalue weighted by Gasteiger charge is 2.23. The summed E-state index contributed by atoms with van der Waals surface area (Å²) in [6, 6.07) is 3.31. The highest BCUT2D eigenvalue weighted by molar-refractivity contribution is 6.43. The fourth-order valence-corrected chi connectivity index (χ4v) is 1.68. The minimum atomic E-state index is -0.202. The van der Waals surface area contributed by atoms with E-state index in [-0.39, 0.29) is 11.8 Å². The van der Waals surface area contributed by atoms with Crippen LogP contribution in [0.2, 0.25) is 10.0 Å². The normalized spacial score (nSPS) is 19.9. The Morgan fingerprint density at radius 3 is 2.93 bits per heavy atom. The first-order valence-electron chi connectivity index (χ1n) is 4.51. The van der Waals surface area contributed by atoms with Gasteiger partial charge in [-0.25, -0.2) is 0 Å². The highest BCUT2D eigenvalue weighted by Crippen LogP contribution is 2.39. The molecule has 1 aromatic rings. The van der Waals surface area contributed by atoms with Crippen LogP contribution < -0.4 is 10.1 Å². The number of ether oxygens (including phenoxy) is 1. The van der Waals surface area contributed by atoms with Crippen molar-refractivity contribution in [2.45, 2.75) is 6.92 Å². The molecule has 0 aliphatic carbocycles. The van der Waals surface area contributed by atoms with Crippen LogP contribution in [0.1, 0.15) is 6.92 Å². The molecule has 0 spiro atoms. The second-order valence-electron chi connectivity index (χ2n) is 3.44. The molecule has 5 heteroatoms. The third-order valence-electron chi connectivity index (χ3n) is 2.23. The molecule has 3 nitrogen and oxygen atoms in total. The van der Waals surface area contributed by atoms with Crippen LogP contribution in [0.3, 0.4) is 0 Å². The van der Waals surface area contributed by atoms with E-state index in [1.54, 1.807) is 19.1 Å². The minimum Gasteiger partial charge on any atom is -0.489 e. The zero-order valence-corrected chi connectivity index (χ0v) is 9.52. The van der Waals surface area contributed by atoms with Crippen LogP contribution in [0, 0.1) is 5.92 Å². The topological polar surface area (TPSA) is 38.3 Å². The summed E-state index contributed by atoms with van der Waals surface area (Å²) in [5.74, 6) is 0.168. The zero-order chi connectivity index (χ0) is 11.0. The highest BCUT2D eigenvalue weighted by atomic mass is 35.5. The van der Waals surface area contributed by atoms with Crippen molar-refractivity contribution in [1.29, 1.82) is 0 Å².